The number of nitrogens with one attached hydrogen (secondary N) is 2. The van der Waals surface area contributed by atoms with Crippen molar-refractivity contribution in [1.82, 2.24) is 10.6 Å². The molecule has 1 aliphatic heterocycles. The molecule has 0 aliphatic carbocycles. The zero-order chi connectivity index (χ0) is 8.97. The molecule has 1 atom stereocenters. The van der Waals surface area contributed by atoms with Crippen LogP contribution in [0.1, 0.15) is 0 Å². The summed E-state index contributed by atoms with van der Waals surface area (Å²) in [6.45, 7) is 0.969. The molecule has 6 heteroatoms. The first-order valence-corrected chi connectivity index (χ1v) is 3.63. The molecule has 0 spiro atoms. The lowest BCUT2D eigenvalue weighted by atomic mass is 10.3. The number of imide groups is 1. The summed E-state index contributed by atoms with van der Waals surface area (Å²) >= 11 is 0. The van der Waals surface area contributed by atoms with Crippen molar-refractivity contribution in [3.05, 3.63) is 0 Å². The number of hydrogen-bond donors (Lipinski definition) is 3. The molecule has 1 unspecified atom stereocenters. The third kappa shape index (κ3) is 2.18. The van der Waals surface area contributed by atoms with Gasteiger partial charge in [-0.2, -0.15) is 0 Å². The Morgan fingerprint density at radius 3 is 2.75 bits per heavy atom. The zero-order valence-electron chi connectivity index (χ0n) is 6.50. The van der Waals surface area contributed by atoms with Gasteiger partial charge in [0.25, 0.3) is 5.91 Å². The number of ether oxygens (including phenoxy) is 1. The summed E-state index contributed by atoms with van der Waals surface area (Å²) in [5, 5.41) is 4.49. The van der Waals surface area contributed by atoms with Crippen LogP contribution in [0.4, 0.5) is 4.79 Å². The Balaban J connectivity index is 2.24. The van der Waals surface area contributed by atoms with Gasteiger partial charge in [0.05, 0.1) is 13.2 Å². The van der Waals surface area contributed by atoms with Crippen LogP contribution in [0.3, 0.4) is 0 Å². The average molecular weight is 173 g/mol. The van der Waals surface area contributed by atoms with Crippen LogP contribution < -0.4 is 16.4 Å². The number of rotatable bonds is 4. The van der Waals surface area contributed by atoms with Crippen molar-refractivity contribution in [2.75, 3.05) is 19.8 Å². The predicted octanol–water partition coefficient (Wildman–Crippen LogP) is -1.83. The highest BCUT2D eigenvalue weighted by Crippen LogP contribution is 1.93. The van der Waals surface area contributed by atoms with E-state index in [2.05, 4.69) is 10.6 Å². The van der Waals surface area contributed by atoms with Gasteiger partial charge in [0.15, 0.2) is 0 Å². The Morgan fingerprint density at radius 1 is 1.50 bits per heavy atom. The van der Waals surface area contributed by atoms with Crippen molar-refractivity contribution >= 4 is 11.9 Å². The fourth-order valence-electron chi connectivity index (χ4n) is 0.861. The lowest BCUT2D eigenvalue weighted by molar-refractivity contribution is -0.121. The summed E-state index contributed by atoms with van der Waals surface area (Å²) in [4.78, 5) is 21.4. The Morgan fingerprint density at radius 2 is 2.25 bits per heavy atom. The minimum absolute atomic E-state index is 0.175. The maximum Gasteiger partial charge on any atom is 0.322 e. The average Bonchev–Trinajstić information content (AvgIpc) is 2.31. The fraction of sp³-hybridized carbons (Fsp3) is 0.667. The maximum atomic E-state index is 10.9. The molecule has 68 valence electrons. The van der Waals surface area contributed by atoms with Gasteiger partial charge in [0.2, 0.25) is 0 Å². The normalized spacial score (nSPS) is 22.2. The second-order valence-corrected chi connectivity index (χ2v) is 2.38. The number of nitrogens with two attached hydrogens (primary N) is 1. The second kappa shape index (κ2) is 4.03. The SMILES string of the molecule is NCCOCC1NC(=O)NC1=O. The molecule has 0 bridgehead atoms. The van der Waals surface area contributed by atoms with Gasteiger partial charge in [0.1, 0.15) is 6.04 Å². The van der Waals surface area contributed by atoms with Crippen LogP contribution in [0, 0.1) is 0 Å². The molecule has 1 aliphatic rings. The van der Waals surface area contributed by atoms with Crippen molar-refractivity contribution in [3.8, 4) is 0 Å². The second-order valence-electron chi connectivity index (χ2n) is 2.38. The molecule has 0 aromatic rings. The van der Waals surface area contributed by atoms with Crippen LogP contribution in [0.2, 0.25) is 0 Å². The summed E-state index contributed by atoms with van der Waals surface area (Å²) in [5.41, 5.74) is 5.16. The molecule has 1 saturated heterocycles. The summed E-state index contributed by atoms with van der Waals surface area (Å²) in [5.74, 6) is -0.350. The summed E-state index contributed by atoms with van der Waals surface area (Å²) in [6.07, 6.45) is 0. The number of carbonyl (C=O) groups excluding carboxylic acids is 2. The molecule has 0 radical (unpaired) electrons. The van der Waals surface area contributed by atoms with E-state index in [0.717, 1.165) is 0 Å². The van der Waals surface area contributed by atoms with Gasteiger partial charge in [-0.3, -0.25) is 10.1 Å². The van der Waals surface area contributed by atoms with E-state index in [0.29, 0.717) is 13.2 Å². The van der Waals surface area contributed by atoms with Crippen LogP contribution >= 0.6 is 0 Å². The van der Waals surface area contributed by atoms with Gasteiger partial charge in [0, 0.05) is 6.54 Å². The van der Waals surface area contributed by atoms with Gasteiger partial charge >= 0.3 is 6.03 Å². The van der Waals surface area contributed by atoms with Crippen LogP contribution in [0.25, 0.3) is 0 Å². The molecular formula is C6H11N3O3. The van der Waals surface area contributed by atoms with Crippen molar-refractivity contribution in [2.45, 2.75) is 6.04 Å². The standard InChI is InChI=1S/C6H11N3O3/c7-1-2-12-3-4-5(10)9-6(11)8-4/h4H,1-3,7H2,(H2,8,9,10,11). The Bertz CT molecular complexity index is 194. The number of urea groups is 1. The number of amides is 3. The molecular weight excluding hydrogens is 162 g/mol. The molecule has 4 N–H and O–H groups in total. The predicted molar refractivity (Wildman–Crippen MR) is 40.3 cm³/mol. The van der Waals surface area contributed by atoms with E-state index < -0.39 is 12.1 Å². The van der Waals surface area contributed by atoms with Gasteiger partial charge in [-0.15, -0.1) is 0 Å². The highest BCUT2D eigenvalue weighted by atomic mass is 16.5. The third-order valence-corrected chi connectivity index (χ3v) is 1.41. The van der Waals surface area contributed by atoms with Gasteiger partial charge in [-0.05, 0) is 0 Å². The highest BCUT2D eigenvalue weighted by Gasteiger charge is 2.29. The molecule has 1 fully saturated rings. The van der Waals surface area contributed by atoms with Crippen molar-refractivity contribution in [1.29, 1.82) is 0 Å². The third-order valence-electron chi connectivity index (χ3n) is 1.41. The Kier molecular flexibility index (Phi) is 3.01. The van der Waals surface area contributed by atoms with Crippen molar-refractivity contribution in [2.24, 2.45) is 5.73 Å². The molecule has 0 saturated carbocycles. The molecule has 1 heterocycles. The van der Waals surface area contributed by atoms with E-state index in [1.807, 2.05) is 0 Å². The summed E-state index contributed by atoms with van der Waals surface area (Å²) < 4.78 is 4.98. The first-order chi connectivity index (χ1) is 5.74. The molecule has 1 rings (SSSR count). The number of carbonyl (C=O) groups is 2. The maximum absolute atomic E-state index is 10.9. The van der Waals surface area contributed by atoms with Crippen molar-refractivity contribution < 1.29 is 14.3 Å². The highest BCUT2D eigenvalue weighted by molar-refractivity contribution is 6.04. The van der Waals surface area contributed by atoms with Crippen LogP contribution in [0.5, 0.6) is 0 Å². The monoisotopic (exact) mass is 173 g/mol. The molecule has 0 aromatic carbocycles. The Labute approximate surface area is 69.4 Å². The quantitative estimate of drug-likeness (QED) is 0.344. The molecule has 12 heavy (non-hydrogen) atoms. The van der Waals surface area contributed by atoms with E-state index in [1.54, 1.807) is 0 Å². The van der Waals surface area contributed by atoms with Gasteiger partial charge in [-0.1, -0.05) is 0 Å². The zero-order valence-corrected chi connectivity index (χ0v) is 6.50. The molecule has 3 amide bonds. The van der Waals surface area contributed by atoms with Crippen molar-refractivity contribution in [3.63, 3.8) is 0 Å². The summed E-state index contributed by atoms with van der Waals surface area (Å²) in [7, 11) is 0. The van der Waals surface area contributed by atoms with Gasteiger partial charge < -0.3 is 15.8 Å². The molecule has 0 aromatic heterocycles. The fourth-order valence-corrected chi connectivity index (χ4v) is 0.861. The van der Waals surface area contributed by atoms with E-state index in [4.69, 9.17) is 10.5 Å². The number of hydrogen-bond acceptors (Lipinski definition) is 4. The van der Waals surface area contributed by atoms with E-state index in [-0.39, 0.29) is 12.5 Å². The smallest absolute Gasteiger partial charge is 0.322 e. The Hall–Kier alpha value is -1.14. The van der Waals surface area contributed by atoms with Gasteiger partial charge in [-0.25, -0.2) is 4.79 Å². The lowest BCUT2D eigenvalue weighted by Crippen LogP contribution is -2.34. The minimum Gasteiger partial charge on any atom is -0.377 e. The van der Waals surface area contributed by atoms with E-state index in [9.17, 15) is 9.59 Å². The summed E-state index contributed by atoms with van der Waals surface area (Å²) in [6, 6.07) is -1.04. The lowest BCUT2D eigenvalue weighted by Gasteiger charge is -2.06. The van der Waals surface area contributed by atoms with Crippen LogP contribution in [-0.2, 0) is 9.53 Å². The van der Waals surface area contributed by atoms with Crippen LogP contribution in [-0.4, -0.2) is 37.7 Å². The first kappa shape index (κ1) is 8.95. The molecule has 6 nitrogen and oxygen atoms in total. The first-order valence-electron chi connectivity index (χ1n) is 3.63. The van der Waals surface area contributed by atoms with E-state index in [1.165, 1.54) is 0 Å². The minimum atomic E-state index is -0.566. The largest absolute Gasteiger partial charge is 0.377 e. The van der Waals surface area contributed by atoms with E-state index >= 15 is 0 Å². The van der Waals surface area contributed by atoms with Crippen LogP contribution in [0.15, 0.2) is 0 Å². The topological polar surface area (TPSA) is 93.4 Å².